The first-order valence-electron chi connectivity index (χ1n) is 7.83. The van der Waals surface area contributed by atoms with E-state index in [2.05, 4.69) is 4.98 Å². The van der Waals surface area contributed by atoms with Crippen LogP contribution in [0.3, 0.4) is 0 Å². The van der Waals surface area contributed by atoms with E-state index in [0.29, 0.717) is 10.8 Å². The highest BCUT2D eigenvalue weighted by Crippen LogP contribution is 2.30. The van der Waals surface area contributed by atoms with E-state index in [1.54, 1.807) is 18.2 Å². The molecular formula is C16H17N3O5S3. The molecule has 1 aliphatic heterocycles. The third-order valence-electron chi connectivity index (χ3n) is 3.94. The van der Waals surface area contributed by atoms with Gasteiger partial charge in [0.25, 0.3) is 15.9 Å². The maximum atomic E-state index is 12.5. The molecule has 2 aromatic rings. The zero-order chi connectivity index (χ0) is 19.8. The number of thioether (sulfide) groups is 1. The zero-order valence-corrected chi connectivity index (χ0v) is 17.0. The molecule has 0 N–H and O–H groups in total. The molecule has 0 saturated heterocycles. The van der Waals surface area contributed by atoms with Crippen LogP contribution in [0.1, 0.15) is 10.4 Å². The Morgan fingerprint density at radius 2 is 1.85 bits per heavy atom. The van der Waals surface area contributed by atoms with Crippen LogP contribution in [-0.2, 0) is 20.0 Å². The second-order valence-electron chi connectivity index (χ2n) is 5.85. The van der Waals surface area contributed by atoms with Gasteiger partial charge in [0.15, 0.2) is 0 Å². The molecule has 1 aromatic heterocycles. The van der Waals surface area contributed by atoms with Crippen molar-refractivity contribution in [1.29, 1.82) is 0 Å². The van der Waals surface area contributed by atoms with Gasteiger partial charge < -0.3 is 0 Å². The van der Waals surface area contributed by atoms with E-state index >= 15 is 0 Å². The largest absolute Gasteiger partial charge is 0.269 e. The number of hydrogen-bond acceptors (Lipinski definition) is 7. The standard InChI is InChI=1S/C16H17N3O5S3/c1-18(2)26(21,22)12-7-8-15(17-11-12)25-10-9-19-16(20)13-5-3-4-6-14(13)27(19,23)24/h3-8,11H,9-10H2,1-2H3. The third kappa shape index (κ3) is 3.59. The van der Waals surface area contributed by atoms with Gasteiger partial charge >= 0.3 is 0 Å². The summed E-state index contributed by atoms with van der Waals surface area (Å²) < 4.78 is 50.9. The molecule has 8 nitrogen and oxygen atoms in total. The zero-order valence-electron chi connectivity index (χ0n) is 14.6. The van der Waals surface area contributed by atoms with Gasteiger partial charge in [-0.15, -0.1) is 11.8 Å². The lowest BCUT2D eigenvalue weighted by atomic mass is 10.2. The second-order valence-corrected chi connectivity index (χ2v) is 10.9. The van der Waals surface area contributed by atoms with Gasteiger partial charge in [0, 0.05) is 32.6 Å². The molecule has 0 radical (unpaired) electrons. The summed E-state index contributed by atoms with van der Waals surface area (Å²) in [7, 11) is -4.50. The number of aromatic nitrogens is 1. The topological polar surface area (TPSA) is 105 Å². The lowest BCUT2D eigenvalue weighted by Crippen LogP contribution is -2.32. The predicted molar refractivity (Wildman–Crippen MR) is 100 cm³/mol. The summed E-state index contributed by atoms with van der Waals surface area (Å²) in [5.41, 5.74) is 0.180. The fourth-order valence-electron chi connectivity index (χ4n) is 2.50. The van der Waals surface area contributed by atoms with E-state index in [4.69, 9.17) is 0 Å². The van der Waals surface area contributed by atoms with Gasteiger partial charge in [0.05, 0.1) is 10.6 Å². The first kappa shape index (κ1) is 19.8. The third-order valence-corrected chi connectivity index (χ3v) is 8.51. The summed E-state index contributed by atoms with van der Waals surface area (Å²) in [6.45, 7) is -0.0000584. The van der Waals surface area contributed by atoms with Gasteiger partial charge in [-0.3, -0.25) is 4.79 Å². The average Bonchev–Trinajstić information content (AvgIpc) is 2.83. The Balaban J connectivity index is 1.67. The van der Waals surface area contributed by atoms with E-state index in [0.717, 1.165) is 8.61 Å². The van der Waals surface area contributed by atoms with Gasteiger partial charge in [-0.05, 0) is 24.3 Å². The Hall–Kier alpha value is -1.95. The van der Waals surface area contributed by atoms with Crippen molar-refractivity contribution in [3.63, 3.8) is 0 Å². The molecule has 0 aliphatic carbocycles. The molecule has 3 rings (SSSR count). The van der Waals surface area contributed by atoms with E-state index in [1.807, 2.05) is 0 Å². The highest BCUT2D eigenvalue weighted by atomic mass is 32.2. The maximum Gasteiger partial charge on any atom is 0.269 e. The van der Waals surface area contributed by atoms with Crippen molar-refractivity contribution < 1.29 is 21.6 Å². The molecule has 1 amide bonds. The summed E-state index contributed by atoms with van der Waals surface area (Å²) in [5.74, 6) is -0.238. The first-order chi connectivity index (χ1) is 12.7. The lowest BCUT2D eigenvalue weighted by Gasteiger charge is -2.14. The maximum absolute atomic E-state index is 12.5. The van der Waals surface area contributed by atoms with Crippen molar-refractivity contribution in [2.75, 3.05) is 26.4 Å². The monoisotopic (exact) mass is 427 g/mol. The minimum absolute atomic E-state index is 0.0000584. The van der Waals surface area contributed by atoms with Crippen molar-refractivity contribution >= 4 is 37.7 Å². The fraction of sp³-hybridized carbons (Fsp3) is 0.250. The minimum atomic E-state index is -3.82. The highest BCUT2D eigenvalue weighted by Gasteiger charge is 2.40. The first-order valence-corrected chi connectivity index (χ1v) is 11.7. The van der Waals surface area contributed by atoms with Crippen LogP contribution < -0.4 is 0 Å². The van der Waals surface area contributed by atoms with Crippen molar-refractivity contribution in [2.45, 2.75) is 14.8 Å². The number of hydrogen-bond donors (Lipinski definition) is 0. The Labute approximate surface area is 162 Å². The van der Waals surface area contributed by atoms with E-state index < -0.39 is 26.0 Å². The predicted octanol–water partition coefficient (Wildman–Crippen LogP) is 1.27. The molecule has 1 aromatic carbocycles. The van der Waals surface area contributed by atoms with Crippen LogP contribution in [0.15, 0.2) is 57.4 Å². The van der Waals surface area contributed by atoms with Crippen molar-refractivity contribution in [3.8, 4) is 0 Å². The Kier molecular flexibility index (Phi) is 5.30. The van der Waals surface area contributed by atoms with E-state index in [1.165, 1.54) is 50.3 Å². The van der Waals surface area contributed by atoms with Gasteiger partial charge in [0.1, 0.15) is 9.79 Å². The number of amides is 1. The number of benzene rings is 1. The Morgan fingerprint density at radius 1 is 1.15 bits per heavy atom. The smallest absolute Gasteiger partial charge is 0.268 e. The van der Waals surface area contributed by atoms with Crippen molar-refractivity contribution in [3.05, 3.63) is 48.2 Å². The molecule has 0 atom stereocenters. The molecule has 0 bridgehead atoms. The second kappa shape index (κ2) is 7.23. The van der Waals surface area contributed by atoms with Crippen LogP contribution in [0.25, 0.3) is 0 Å². The van der Waals surface area contributed by atoms with Crippen LogP contribution in [0.4, 0.5) is 0 Å². The summed E-state index contributed by atoms with van der Waals surface area (Å²) in [6, 6.07) is 9.11. The van der Waals surface area contributed by atoms with E-state index in [-0.39, 0.29) is 21.9 Å². The summed E-state index contributed by atoms with van der Waals surface area (Å²) >= 11 is 1.24. The molecule has 1 aliphatic rings. The number of sulfonamides is 2. The number of fused-ring (bicyclic) bond motifs is 1. The molecule has 2 heterocycles. The Morgan fingerprint density at radius 3 is 2.44 bits per heavy atom. The molecule has 144 valence electrons. The normalized spacial score (nSPS) is 16.0. The van der Waals surface area contributed by atoms with Gasteiger partial charge in [0.2, 0.25) is 10.0 Å². The van der Waals surface area contributed by atoms with Crippen LogP contribution in [0.2, 0.25) is 0 Å². The molecule has 27 heavy (non-hydrogen) atoms. The van der Waals surface area contributed by atoms with E-state index in [9.17, 15) is 21.6 Å². The molecule has 0 saturated carbocycles. The average molecular weight is 428 g/mol. The summed E-state index contributed by atoms with van der Waals surface area (Å²) in [4.78, 5) is 16.5. The molecule has 0 fully saturated rings. The van der Waals surface area contributed by atoms with Crippen LogP contribution >= 0.6 is 11.8 Å². The van der Waals surface area contributed by atoms with Crippen LogP contribution in [-0.4, -0.2) is 62.7 Å². The lowest BCUT2D eigenvalue weighted by molar-refractivity contribution is 0.0876. The van der Waals surface area contributed by atoms with Crippen LogP contribution in [0, 0.1) is 0 Å². The SMILES string of the molecule is CN(C)S(=O)(=O)c1ccc(SCCN2C(=O)c3ccccc3S2(=O)=O)nc1. The number of pyridine rings is 1. The van der Waals surface area contributed by atoms with Crippen LogP contribution in [0.5, 0.6) is 0 Å². The number of carbonyl (C=O) groups excluding carboxylic acids is 1. The number of rotatable bonds is 6. The molecular weight excluding hydrogens is 410 g/mol. The highest BCUT2D eigenvalue weighted by molar-refractivity contribution is 7.99. The van der Waals surface area contributed by atoms with Gasteiger partial charge in [-0.25, -0.2) is 30.4 Å². The van der Waals surface area contributed by atoms with Crippen molar-refractivity contribution in [1.82, 2.24) is 13.6 Å². The quantitative estimate of drug-likeness (QED) is 0.639. The fourth-order valence-corrected chi connectivity index (χ4v) is 5.81. The number of carbonyl (C=O) groups is 1. The molecule has 0 spiro atoms. The van der Waals surface area contributed by atoms with Crippen molar-refractivity contribution in [2.24, 2.45) is 0 Å². The summed E-state index contributed by atoms with van der Waals surface area (Å²) in [6.07, 6.45) is 1.26. The van der Waals surface area contributed by atoms with Gasteiger partial charge in [-0.1, -0.05) is 12.1 Å². The van der Waals surface area contributed by atoms with Gasteiger partial charge in [-0.2, -0.15) is 0 Å². The minimum Gasteiger partial charge on any atom is -0.268 e. The number of nitrogens with zero attached hydrogens (tertiary/aromatic N) is 3. The Bertz CT molecular complexity index is 1080. The molecule has 0 unspecified atom stereocenters. The summed E-state index contributed by atoms with van der Waals surface area (Å²) in [5, 5.41) is 0.536. The molecule has 11 heteroatoms.